The van der Waals surface area contributed by atoms with E-state index in [9.17, 15) is 0 Å². The molecule has 1 atom stereocenters. The Morgan fingerprint density at radius 2 is 1.72 bits per heavy atom. The van der Waals surface area contributed by atoms with E-state index in [1.165, 1.54) is 0 Å². The van der Waals surface area contributed by atoms with E-state index in [4.69, 9.17) is 18.6 Å². The molecule has 2 fully saturated rings. The van der Waals surface area contributed by atoms with Crippen molar-refractivity contribution in [3.8, 4) is 0 Å². The fourth-order valence-electron chi connectivity index (χ4n) is 2.67. The molecule has 18 heavy (non-hydrogen) atoms. The predicted octanol–water partition coefficient (Wildman–Crippen LogP) is 0.929. The van der Waals surface area contributed by atoms with E-state index in [0.29, 0.717) is 13.0 Å². The topological polar surface area (TPSA) is 36.9 Å². The van der Waals surface area contributed by atoms with Crippen molar-refractivity contribution in [3.63, 3.8) is 0 Å². The Bertz CT molecular complexity index is 259. The number of hydrogen-bond donors (Lipinski definition) is 0. The average molecular weight is 252 g/mol. The first-order valence-corrected chi connectivity index (χ1v) is 7.01. The molecule has 0 amide bonds. The molecule has 7 heteroatoms. The van der Waals surface area contributed by atoms with Crippen LogP contribution in [-0.4, -0.2) is 47.5 Å². The Balaban J connectivity index is 1.83. The summed E-state index contributed by atoms with van der Waals surface area (Å²) < 4.78 is 22.8. The second kappa shape index (κ2) is 6.46. The quantitative estimate of drug-likeness (QED) is 0.685. The summed E-state index contributed by atoms with van der Waals surface area (Å²) >= 11 is 0. The van der Waals surface area contributed by atoms with Crippen LogP contribution < -0.4 is 0 Å². The molecule has 0 aliphatic carbocycles. The minimum Gasteiger partial charge on any atom is -0.418 e. The summed E-state index contributed by atoms with van der Waals surface area (Å²) in [6.07, 6.45) is 2.11. The summed E-state index contributed by atoms with van der Waals surface area (Å²) in [5, 5.41) is 0. The summed E-state index contributed by atoms with van der Waals surface area (Å²) in [6, 6.07) is 0. The lowest BCUT2D eigenvalue weighted by Gasteiger charge is -2.33. The van der Waals surface area contributed by atoms with Gasteiger partial charge in [0.25, 0.3) is 0 Å². The lowest BCUT2D eigenvalue weighted by molar-refractivity contribution is 0.0743. The molecule has 0 bridgehead atoms. The van der Waals surface area contributed by atoms with E-state index in [2.05, 4.69) is 20.8 Å². The maximum Gasteiger partial charge on any atom is 0.400 e. The van der Waals surface area contributed by atoms with E-state index < -0.39 is 0 Å². The minimum absolute atomic E-state index is 0.165. The zero-order chi connectivity index (χ0) is 13.0. The predicted molar refractivity (Wildman–Crippen MR) is 74.6 cm³/mol. The Kier molecular flexibility index (Phi) is 5.19. The van der Waals surface area contributed by atoms with Gasteiger partial charge in [0.15, 0.2) is 0 Å². The number of hydrogen-bond acceptors (Lipinski definition) is 4. The van der Waals surface area contributed by atoms with E-state index in [1.807, 2.05) is 0 Å². The third-order valence-corrected chi connectivity index (χ3v) is 3.41. The van der Waals surface area contributed by atoms with Gasteiger partial charge in [-0.15, -0.1) is 0 Å². The first-order valence-electron chi connectivity index (χ1n) is 7.01. The molecule has 0 N–H and O–H groups in total. The molecular formula is C11H23B3O4. The zero-order valence-electron chi connectivity index (χ0n) is 11.8. The molecular weight excluding hydrogens is 229 g/mol. The second-order valence-corrected chi connectivity index (χ2v) is 6.31. The van der Waals surface area contributed by atoms with E-state index in [0.717, 1.165) is 39.3 Å². The SMILES string of the molecule is CC1COB(BB2OCCCO2)OCC(C)(C)C1. The van der Waals surface area contributed by atoms with Gasteiger partial charge >= 0.3 is 14.0 Å². The van der Waals surface area contributed by atoms with Crippen LogP contribution >= 0.6 is 0 Å². The summed E-state index contributed by atoms with van der Waals surface area (Å²) in [4.78, 5) is 0. The Morgan fingerprint density at radius 3 is 2.44 bits per heavy atom. The molecule has 0 aromatic heterocycles. The fraction of sp³-hybridized carbons (Fsp3) is 1.00. The highest BCUT2D eigenvalue weighted by molar-refractivity contribution is 7.35. The molecule has 0 aromatic rings. The fourth-order valence-corrected chi connectivity index (χ4v) is 2.67. The maximum atomic E-state index is 5.87. The van der Waals surface area contributed by atoms with E-state index in [-0.39, 0.29) is 19.4 Å². The van der Waals surface area contributed by atoms with Crippen molar-refractivity contribution < 1.29 is 18.6 Å². The molecule has 2 aliphatic rings. The van der Waals surface area contributed by atoms with Gasteiger partial charge in [0.2, 0.25) is 7.06 Å². The molecule has 1 unspecified atom stereocenters. The molecule has 2 saturated heterocycles. The van der Waals surface area contributed by atoms with Gasteiger partial charge in [0.05, 0.1) is 0 Å². The standard InChI is InChI=1S/C11H23B3O4/c1-10-7-11(2,3)9-18-14(17-8-10)12-13-15-5-4-6-16-13/h10,12H,4-9H2,1-3H3. The monoisotopic (exact) mass is 252 g/mol. The van der Waals surface area contributed by atoms with Crippen molar-refractivity contribution in [2.24, 2.45) is 11.3 Å². The molecule has 0 radical (unpaired) electrons. The van der Waals surface area contributed by atoms with Crippen LogP contribution in [0, 0.1) is 11.3 Å². The van der Waals surface area contributed by atoms with Gasteiger partial charge in [-0.3, -0.25) is 0 Å². The van der Waals surface area contributed by atoms with Crippen molar-refractivity contribution in [3.05, 3.63) is 0 Å². The van der Waals surface area contributed by atoms with Gasteiger partial charge in [-0.2, -0.15) is 0 Å². The van der Waals surface area contributed by atoms with Gasteiger partial charge in [-0.05, 0) is 24.2 Å². The van der Waals surface area contributed by atoms with E-state index in [1.54, 1.807) is 0 Å². The van der Waals surface area contributed by atoms with Crippen LogP contribution in [0.3, 0.4) is 0 Å². The zero-order valence-corrected chi connectivity index (χ0v) is 11.8. The normalized spacial score (nSPS) is 29.6. The van der Waals surface area contributed by atoms with Crippen molar-refractivity contribution in [2.45, 2.75) is 33.6 Å². The smallest absolute Gasteiger partial charge is 0.400 e. The first kappa shape index (κ1) is 14.4. The van der Waals surface area contributed by atoms with Crippen LogP contribution in [0.4, 0.5) is 0 Å². The van der Waals surface area contributed by atoms with Crippen LogP contribution in [0.1, 0.15) is 33.6 Å². The second-order valence-electron chi connectivity index (χ2n) is 6.31. The van der Waals surface area contributed by atoms with Crippen LogP contribution in [0.25, 0.3) is 0 Å². The van der Waals surface area contributed by atoms with Gasteiger partial charge in [-0.1, -0.05) is 20.8 Å². The van der Waals surface area contributed by atoms with Crippen molar-refractivity contribution in [1.29, 1.82) is 0 Å². The Labute approximate surface area is 112 Å². The van der Waals surface area contributed by atoms with Crippen LogP contribution in [0.5, 0.6) is 0 Å². The van der Waals surface area contributed by atoms with Crippen molar-refractivity contribution in [2.75, 3.05) is 26.4 Å². The van der Waals surface area contributed by atoms with Gasteiger partial charge in [-0.25, -0.2) is 0 Å². The first-order chi connectivity index (χ1) is 8.55. The molecule has 0 spiro atoms. The number of rotatable bonds is 2. The lowest BCUT2D eigenvalue weighted by atomic mass is 9.23. The maximum absolute atomic E-state index is 5.87. The molecule has 2 heterocycles. The van der Waals surface area contributed by atoms with Crippen molar-refractivity contribution in [1.82, 2.24) is 0 Å². The van der Waals surface area contributed by atoms with E-state index >= 15 is 0 Å². The highest BCUT2D eigenvalue weighted by atomic mass is 16.6. The molecule has 0 saturated carbocycles. The third-order valence-electron chi connectivity index (χ3n) is 3.41. The highest BCUT2D eigenvalue weighted by Gasteiger charge is 2.36. The average Bonchev–Trinajstić information content (AvgIpc) is 2.32. The molecule has 0 aromatic carbocycles. The highest BCUT2D eigenvalue weighted by Crippen LogP contribution is 2.28. The molecule has 4 nitrogen and oxygen atoms in total. The summed E-state index contributed by atoms with van der Waals surface area (Å²) in [5.74, 6) is 0.569. The molecule has 2 aliphatic heterocycles. The minimum atomic E-state index is -0.199. The Morgan fingerprint density at radius 1 is 1.06 bits per heavy atom. The molecule has 100 valence electrons. The lowest BCUT2D eigenvalue weighted by Crippen LogP contribution is -2.49. The Hall–Kier alpha value is 0.0348. The van der Waals surface area contributed by atoms with Crippen LogP contribution in [0.15, 0.2) is 0 Å². The van der Waals surface area contributed by atoms with Gasteiger partial charge < -0.3 is 18.6 Å². The summed E-state index contributed by atoms with van der Waals surface area (Å²) in [7, 11) is 0.305. The summed E-state index contributed by atoms with van der Waals surface area (Å²) in [6.45, 7) is 9.77. The van der Waals surface area contributed by atoms with Gasteiger partial charge in [0, 0.05) is 26.4 Å². The van der Waals surface area contributed by atoms with Crippen molar-refractivity contribution >= 4 is 21.1 Å². The molecule has 2 rings (SSSR count). The third kappa shape index (κ3) is 4.61. The van der Waals surface area contributed by atoms with Crippen LogP contribution in [0.2, 0.25) is 0 Å². The largest absolute Gasteiger partial charge is 0.418 e. The van der Waals surface area contributed by atoms with Gasteiger partial charge in [0.1, 0.15) is 0 Å². The van der Waals surface area contributed by atoms with Crippen LogP contribution in [-0.2, 0) is 18.6 Å². The summed E-state index contributed by atoms with van der Waals surface area (Å²) in [5.41, 5.74) is 0.218.